The minimum absolute atomic E-state index is 0.0308. The number of hydrogen-bond donors (Lipinski definition) is 0. The highest BCUT2D eigenvalue weighted by Crippen LogP contribution is 2.33. The van der Waals surface area contributed by atoms with Gasteiger partial charge < -0.3 is 9.64 Å². The van der Waals surface area contributed by atoms with Crippen LogP contribution in [0.2, 0.25) is 0 Å². The van der Waals surface area contributed by atoms with Gasteiger partial charge in [-0.1, -0.05) is 6.07 Å². The maximum absolute atomic E-state index is 12.7. The third-order valence-corrected chi connectivity index (χ3v) is 5.69. The Morgan fingerprint density at radius 1 is 1.28 bits per heavy atom. The van der Waals surface area contributed by atoms with Gasteiger partial charge in [-0.3, -0.25) is 14.9 Å². The van der Waals surface area contributed by atoms with E-state index in [-0.39, 0.29) is 18.2 Å². The molecule has 0 bridgehead atoms. The minimum atomic E-state index is -0.438. The number of anilines is 1. The van der Waals surface area contributed by atoms with Gasteiger partial charge in [0.2, 0.25) is 0 Å². The van der Waals surface area contributed by atoms with Crippen LogP contribution in [0.25, 0.3) is 11.3 Å². The standard InChI is InChI=1S/C21H19N3O4S/c1-13-9-17(4-6-19(13)24(26)27)28-11-21(25)23-8-7-16-10-15(3-5-20(16)23)18-12-29-14(2)22-18/h3-6,9-10,12H,7-8,11H2,1-2H3. The van der Waals surface area contributed by atoms with Crippen molar-refractivity contribution in [3.8, 4) is 17.0 Å². The topological polar surface area (TPSA) is 85.6 Å². The minimum Gasteiger partial charge on any atom is -0.484 e. The Morgan fingerprint density at radius 2 is 2.10 bits per heavy atom. The van der Waals surface area contributed by atoms with E-state index in [1.165, 1.54) is 12.1 Å². The molecule has 1 aromatic heterocycles. The molecule has 3 aromatic rings. The molecule has 0 atom stereocenters. The van der Waals surface area contributed by atoms with Crippen LogP contribution < -0.4 is 9.64 Å². The van der Waals surface area contributed by atoms with E-state index in [0.29, 0.717) is 17.9 Å². The lowest BCUT2D eigenvalue weighted by Gasteiger charge is -2.18. The number of nitrogens with zero attached hydrogens (tertiary/aromatic N) is 3. The van der Waals surface area contributed by atoms with Crippen molar-refractivity contribution in [3.05, 3.63) is 68.0 Å². The van der Waals surface area contributed by atoms with Crippen LogP contribution >= 0.6 is 11.3 Å². The van der Waals surface area contributed by atoms with Crippen LogP contribution in [0.4, 0.5) is 11.4 Å². The summed E-state index contributed by atoms with van der Waals surface area (Å²) >= 11 is 1.62. The Bertz CT molecular complexity index is 1110. The largest absolute Gasteiger partial charge is 0.484 e. The molecule has 0 radical (unpaired) electrons. The lowest BCUT2D eigenvalue weighted by atomic mass is 10.1. The molecule has 7 nitrogen and oxygen atoms in total. The molecule has 1 aliphatic rings. The molecule has 0 unspecified atom stereocenters. The number of nitro benzene ring substituents is 1. The highest BCUT2D eigenvalue weighted by molar-refractivity contribution is 7.09. The fraction of sp³-hybridized carbons (Fsp3) is 0.238. The van der Waals surface area contributed by atoms with Gasteiger partial charge in [0.15, 0.2) is 6.61 Å². The summed E-state index contributed by atoms with van der Waals surface area (Å²) in [6.45, 7) is 4.11. The third-order valence-electron chi connectivity index (χ3n) is 4.92. The van der Waals surface area contributed by atoms with Gasteiger partial charge in [0.25, 0.3) is 11.6 Å². The molecule has 1 aliphatic heterocycles. The second-order valence-corrected chi connectivity index (χ2v) is 7.95. The summed E-state index contributed by atoms with van der Waals surface area (Å²) in [4.78, 5) is 29.4. The van der Waals surface area contributed by atoms with Gasteiger partial charge in [-0.15, -0.1) is 11.3 Å². The van der Waals surface area contributed by atoms with E-state index in [2.05, 4.69) is 11.1 Å². The van der Waals surface area contributed by atoms with Crippen LogP contribution in [-0.2, 0) is 11.2 Å². The number of ether oxygens (including phenoxy) is 1. The highest BCUT2D eigenvalue weighted by atomic mass is 32.1. The van der Waals surface area contributed by atoms with Crippen molar-refractivity contribution in [2.45, 2.75) is 20.3 Å². The number of carbonyl (C=O) groups excluding carboxylic acids is 1. The zero-order valence-corrected chi connectivity index (χ0v) is 16.9. The first-order valence-electron chi connectivity index (χ1n) is 9.16. The first kappa shape index (κ1) is 19.1. The molecule has 2 heterocycles. The van der Waals surface area contributed by atoms with Crippen LogP contribution in [0.3, 0.4) is 0 Å². The number of hydrogen-bond acceptors (Lipinski definition) is 6. The van der Waals surface area contributed by atoms with Crippen molar-refractivity contribution in [1.82, 2.24) is 4.98 Å². The van der Waals surface area contributed by atoms with Crippen LogP contribution in [0.15, 0.2) is 41.8 Å². The number of carbonyl (C=O) groups is 1. The Morgan fingerprint density at radius 3 is 2.79 bits per heavy atom. The van der Waals surface area contributed by atoms with Crippen molar-refractivity contribution in [1.29, 1.82) is 0 Å². The number of amides is 1. The predicted octanol–water partition coefficient (Wildman–Crippen LogP) is 4.30. The number of thiazole rings is 1. The van der Waals surface area contributed by atoms with Gasteiger partial charge in [0, 0.05) is 34.8 Å². The second-order valence-electron chi connectivity index (χ2n) is 6.88. The molecule has 1 amide bonds. The number of rotatable bonds is 5. The summed E-state index contributed by atoms with van der Waals surface area (Å²) in [5, 5.41) is 14.0. The fourth-order valence-corrected chi connectivity index (χ4v) is 4.08. The molecule has 0 spiro atoms. The molecule has 4 rings (SSSR count). The normalized spacial score (nSPS) is 12.7. The van der Waals surface area contributed by atoms with Crippen molar-refractivity contribution in [2.75, 3.05) is 18.1 Å². The Balaban J connectivity index is 1.45. The van der Waals surface area contributed by atoms with Gasteiger partial charge in [-0.05, 0) is 50.1 Å². The molecule has 0 N–H and O–H groups in total. The zero-order valence-electron chi connectivity index (χ0n) is 16.0. The quantitative estimate of drug-likeness (QED) is 0.463. The molecule has 29 heavy (non-hydrogen) atoms. The summed E-state index contributed by atoms with van der Waals surface area (Å²) in [6, 6.07) is 10.5. The molecule has 0 saturated carbocycles. The summed E-state index contributed by atoms with van der Waals surface area (Å²) < 4.78 is 5.58. The van der Waals surface area contributed by atoms with Crippen LogP contribution in [-0.4, -0.2) is 29.0 Å². The van der Waals surface area contributed by atoms with Crippen molar-refractivity contribution < 1.29 is 14.5 Å². The Labute approximate surface area is 171 Å². The monoisotopic (exact) mass is 409 g/mol. The van der Waals surface area contributed by atoms with Crippen LogP contribution in [0.1, 0.15) is 16.1 Å². The van der Waals surface area contributed by atoms with Crippen LogP contribution in [0, 0.1) is 24.0 Å². The highest BCUT2D eigenvalue weighted by Gasteiger charge is 2.25. The molecular weight excluding hydrogens is 390 g/mol. The number of aryl methyl sites for hydroxylation is 2. The molecule has 0 aliphatic carbocycles. The van der Waals surface area contributed by atoms with Crippen molar-refractivity contribution in [2.24, 2.45) is 0 Å². The van der Waals surface area contributed by atoms with E-state index in [4.69, 9.17) is 4.74 Å². The molecule has 0 fully saturated rings. The smallest absolute Gasteiger partial charge is 0.272 e. The van der Waals surface area contributed by atoms with E-state index in [0.717, 1.165) is 33.9 Å². The summed E-state index contributed by atoms with van der Waals surface area (Å²) in [5.74, 6) is 0.298. The number of benzene rings is 2. The molecular formula is C21H19N3O4S. The van der Waals surface area contributed by atoms with E-state index in [1.54, 1.807) is 29.2 Å². The SMILES string of the molecule is Cc1nc(-c2ccc3c(c2)CCN3C(=O)COc2ccc([N+](=O)[O-])c(C)c2)cs1. The van der Waals surface area contributed by atoms with Gasteiger partial charge >= 0.3 is 0 Å². The van der Waals surface area contributed by atoms with Gasteiger partial charge in [0.1, 0.15) is 5.75 Å². The number of aromatic nitrogens is 1. The Kier molecular flexibility index (Phi) is 5.02. The number of nitro groups is 1. The van der Waals surface area contributed by atoms with Crippen LogP contribution in [0.5, 0.6) is 5.75 Å². The summed E-state index contributed by atoms with van der Waals surface area (Å²) in [5.41, 5.74) is 4.55. The van der Waals surface area contributed by atoms with E-state index in [9.17, 15) is 14.9 Å². The summed E-state index contributed by atoms with van der Waals surface area (Å²) in [6.07, 6.45) is 0.786. The van der Waals surface area contributed by atoms with E-state index in [1.807, 2.05) is 24.4 Å². The van der Waals surface area contributed by atoms with Crippen molar-refractivity contribution in [3.63, 3.8) is 0 Å². The van der Waals surface area contributed by atoms with E-state index >= 15 is 0 Å². The Hall–Kier alpha value is -3.26. The lowest BCUT2D eigenvalue weighted by Crippen LogP contribution is -2.33. The predicted molar refractivity (Wildman–Crippen MR) is 112 cm³/mol. The second kappa shape index (κ2) is 7.63. The summed E-state index contributed by atoms with van der Waals surface area (Å²) in [7, 11) is 0. The fourth-order valence-electron chi connectivity index (χ4n) is 3.46. The first-order chi connectivity index (χ1) is 13.9. The van der Waals surface area contributed by atoms with E-state index < -0.39 is 4.92 Å². The van der Waals surface area contributed by atoms with Gasteiger partial charge in [0.05, 0.1) is 15.6 Å². The average Bonchev–Trinajstić information content (AvgIpc) is 3.31. The van der Waals surface area contributed by atoms with Crippen molar-refractivity contribution >= 4 is 28.6 Å². The molecule has 0 saturated heterocycles. The van der Waals surface area contributed by atoms with Gasteiger partial charge in [-0.25, -0.2) is 4.98 Å². The molecule has 8 heteroatoms. The maximum atomic E-state index is 12.7. The zero-order chi connectivity index (χ0) is 20.5. The lowest BCUT2D eigenvalue weighted by molar-refractivity contribution is -0.385. The average molecular weight is 409 g/mol. The molecule has 2 aromatic carbocycles. The third kappa shape index (κ3) is 3.84. The maximum Gasteiger partial charge on any atom is 0.272 e. The molecule has 148 valence electrons. The first-order valence-corrected chi connectivity index (χ1v) is 10.0. The van der Waals surface area contributed by atoms with Gasteiger partial charge in [-0.2, -0.15) is 0 Å². The number of fused-ring (bicyclic) bond motifs is 1.